The van der Waals surface area contributed by atoms with Crippen LogP contribution in [0.2, 0.25) is 0 Å². The zero-order valence-electron chi connectivity index (χ0n) is 23.0. The number of carbonyl (C=O) groups is 1. The second-order valence-electron chi connectivity index (χ2n) is 9.18. The molecule has 7 nitrogen and oxygen atoms in total. The lowest BCUT2D eigenvalue weighted by molar-refractivity contribution is -0.122. The molecule has 12 heteroatoms. The van der Waals surface area contributed by atoms with Crippen molar-refractivity contribution in [1.82, 2.24) is 15.0 Å². The molecule has 1 aliphatic rings. The summed E-state index contributed by atoms with van der Waals surface area (Å²) < 4.78 is 56.2. The Morgan fingerprint density at radius 2 is 1.88 bits per heavy atom. The molecule has 3 heterocycles. The number of H-pyrrole nitrogens is 2. The van der Waals surface area contributed by atoms with Gasteiger partial charge in [-0.3, -0.25) is 4.79 Å². The Kier molecular flexibility index (Phi) is 9.85. The SMILES string of the molecule is CP.CSc1c(Oc2ccc(F)c(-c3ncc([C@@]4(C)CCOc5ccccc54)[nH]3)c2)c(F)c(F)c2[nH]ccc12.O=CO. The second kappa shape index (κ2) is 13.4. The van der Waals surface area contributed by atoms with Crippen LogP contribution in [0, 0.1) is 17.5 Å². The lowest BCUT2D eigenvalue weighted by Crippen LogP contribution is -2.31. The summed E-state index contributed by atoms with van der Waals surface area (Å²) in [5, 5.41) is 7.39. The second-order valence-corrected chi connectivity index (χ2v) is 9.99. The zero-order chi connectivity index (χ0) is 30.4. The number of imidazole rings is 1. The van der Waals surface area contributed by atoms with Gasteiger partial charge in [-0.05, 0) is 49.9 Å². The maximum Gasteiger partial charge on any atom is 0.290 e. The molecule has 0 radical (unpaired) electrons. The highest BCUT2D eigenvalue weighted by atomic mass is 32.2. The number of carboxylic acid groups (broad SMARTS) is 1. The smallest absolute Gasteiger partial charge is 0.290 e. The lowest BCUT2D eigenvalue weighted by Gasteiger charge is -2.34. The number of thioether (sulfide) groups is 1. The molecule has 0 fully saturated rings. The number of nitrogens with one attached hydrogen (secondary N) is 2. The number of nitrogens with zero attached hydrogens (tertiary/aromatic N) is 1. The van der Waals surface area contributed by atoms with Crippen LogP contribution >= 0.6 is 21.0 Å². The standard InChI is InChI=1S/C28H22F3N3O2S.CH2O2.CH5P/c1-28(10-12-35-20-6-4-3-5-18(20)28)21-14-33-27(34-21)17-13-15(7-8-19(17)29)36-25-23(31)22(30)24-16(9-11-32-24)26(25)37-2;2-1-3;1-2/h3-9,11,13-14,32H,10,12H2,1-2H3,(H,33,34);1H,(H,2,3);2H2,1H3/t28-;;/m0../s1. The van der Waals surface area contributed by atoms with E-state index in [9.17, 15) is 13.2 Å². The van der Waals surface area contributed by atoms with Gasteiger partial charge in [-0.15, -0.1) is 21.0 Å². The van der Waals surface area contributed by atoms with Crippen LogP contribution < -0.4 is 9.47 Å². The van der Waals surface area contributed by atoms with E-state index in [-0.39, 0.29) is 29.1 Å². The molecule has 220 valence electrons. The number of aromatic nitrogens is 3. The summed E-state index contributed by atoms with van der Waals surface area (Å²) in [6.07, 6.45) is 5.71. The number of ether oxygens (including phenoxy) is 2. The van der Waals surface area contributed by atoms with Crippen molar-refractivity contribution in [2.24, 2.45) is 0 Å². The van der Waals surface area contributed by atoms with Gasteiger partial charge >= 0.3 is 0 Å². The van der Waals surface area contributed by atoms with Crippen LogP contribution in [-0.4, -0.2) is 46.1 Å². The van der Waals surface area contributed by atoms with Crippen LogP contribution in [0.15, 0.2) is 65.8 Å². The van der Waals surface area contributed by atoms with E-state index in [1.807, 2.05) is 30.9 Å². The maximum atomic E-state index is 15.0. The van der Waals surface area contributed by atoms with Crippen LogP contribution in [0.3, 0.4) is 0 Å². The summed E-state index contributed by atoms with van der Waals surface area (Å²) in [6.45, 7) is 4.31. The molecular weight excluding hydrogens is 586 g/mol. The largest absolute Gasteiger partial charge is 0.493 e. The van der Waals surface area contributed by atoms with Gasteiger partial charge in [0.1, 0.15) is 23.1 Å². The molecule has 1 aliphatic heterocycles. The number of para-hydroxylation sites is 1. The first kappa shape index (κ1) is 31.0. The Morgan fingerprint density at radius 1 is 1.14 bits per heavy atom. The quantitative estimate of drug-likeness (QED) is 0.106. The van der Waals surface area contributed by atoms with Gasteiger partial charge in [0.25, 0.3) is 6.47 Å². The molecule has 1 unspecified atom stereocenters. The van der Waals surface area contributed by atoms with Crippen molar-refractivity contribution in [3.63, 3.8) is 0 Å². The van der Waals surface area contributed by atoms with Gasteiger partial charge in [-0.2, -0.15) is 4.39 Å². The van der Waals surface area contributed by atoms with E-state index < -0.39 is 22.9 Å². The van der Waals surface area contributed by atoms with E-state index >= 15 is 0 Å². The normalized spacial score (nSPS) is 15.4. The number of hydrogen-bond acceptors (Lipinski definition) is 5. The van der Waals surface area contributed by atoms with Gasteiger partial charge in [-0.25, -0.2) is 13.8 Å². The van der Waals surface area contributed by atoms with E-state index in [0.29, 0.717) is 22.7 Å². The van der Waals surface area contributed by atoms with Crippen molar-refractivity contribution in [3.05, 3.63) is 89.6 Å². The van der Waals surface area contributed by atoms with Crippen LogP contribution in [-0.2, 0) is 10.2 Å². The Balaban J connectivity index is 0.000000763. The molecule has 6 rings (SSSR count). The number of halogens is 3. The van der Waals surface area contributed by atoms with Crippen LogP contribution in [0.1, 0.15) is 24.6 Å². The predicted octanol–water partition coefficient (Wildman–Crippen LogP) is 7.77. The molecule has 3 N–H and O–H groups in total. The van der Waals surface area contributed by atoms with Crippen LogP contribution in [0.4, 0.5) is 13.2 Å². The fourth-order valence-corrected chi connectivity index (χ4v) is 5.61. The Hall–Kier alpha value is -3.95. The highest BCUT2D eigenvalue weighted by molar-refractivity contribution is 7.99. The minimum Gasteiger partial charge on any atom is -0.493 e. The number of rotatable bonds is 5. The van der Waals surface area contributed by atoms with Gasteiger partial charge in [0.15, 0.2) is 11.6 Å². The van der Waals surface area contributed by atoms with E-state index in [0.717, 1.165) is 23.4 Å². The molecule has 0 aliphatic carbocycles. The van der Waals surface area contributed by atoms with E-state index in [2.05, 4.69) is 31.1 Å². The molecule has 2 atom stereocenters. The van der Waals surface area contributed by atoms with E-state index in [4.69, 9.17) is 19.4 Å². The third-order valence-electron chi connectivity index (χ3n) is 6.94. The maximum absolute atomic E-state index is 15.0. The van der Waals surface area contributed by atoms with Crippen molar-refractivity contribution in [2.75, 3.05) is 19.5 Å². The zero-order valence-corrected chi connectivity index (χ0v) is 25.0. The first-order valence-electron chi connectivity index (χ1n) is 12.8. The minimum absolute atomic E-state index is 0.0697. The van der Waals surface area contributed by atoms with Gasteiger partial charge in [0.05, 0.1) is 22.6 Å². The molecule has 2 aromatic heterocycles. The van der Waals surface area contributed by atoms with Crippen molar-refractivity contribution < 1.29 is 32.5 Å². The topological polar surface area (TPSA) is 100 Å². The lowest BCUT2D eigenvalue weighted by atomic mass is 9.75. The van der Waals surface area contributed by atoms with Gasteiger partial charge in [-0.1, -0.05) is 24.9 Å². The third-order valence-corrected chi connectivity index (χ3v) is 7.75. The van der Waals surface area contributed by atoms with Gasteiger partial charge in [0.2, 0.25) is 5.82 Å². The van der Waals surface area contributed by atoms with E-state index in [1.54, 1.807) is 24.7 Å². The minimum atomic E-state index is -1.11. The molecule has 42 heavy (non-hydrogen) atoms. The summed E-state index contributed by atoms with van der Waals surface area (Å²) in [5.74, 6) is -1.65. The van der Waals surface area contributed by atoms with E-state index in [1.165, 1.54) is 30.0 Å². The number of hydrogen-bond donors (Lipinski definition) is 3. The average Bonchev–Trinajstić information content (AvgIpc) is 3.70. The molecule has 0 spiro atoms. The van der Waals surface area contributed by atoms with Crippen LogP contribution in [0.5, 0.6) is 17.2 Å². The molecule has 0 bridgehead atoms. The summed E-state index contributed by atoms with van der Waals surface area (Å²) in [4.78, 5) is 19.2. The van der Waals surface area contributed by atoms with Crippen LogP contribution in [0.25, 0.3) is 22.3 Å². The fourth-order valence-electron chi connectivity index (χ4n) is 4.90. The first-order valence-corrected chi connectivity index (χ1v) is 15.1. The van der Waals surface area contributed by atoms with Crippen molar-refractivity contribution in [3.8, 4) is 28.6 Å². The number of aromatic amines is 2. The molecule has 5 aromatic rings. The Morgan fingerprint density at radius 3 is 2.62 bits per heavy atom. The predicted molar refractivity (Wildman–Crippen MR) is 161 cm³/mol. The molecule has 3 aromatic carbocycles. The molecule has 0 saturated heterocycles. The number of fused-ring (bicyclic) bond motifs is 2. The monoisotopic (exact) mass is 615 g/mol. The first-order chi connectivity index (χ1) is 20.3. The van der Waals surface area contributed by atoms with Crippen molar-refractivity contribution >= 4 is 38.4 Å². The summed E-state index contributed by atoms with van der Waals surface area (Å²) in [5.41, 5.74) is 1.67. The van der Waals surface area contributed by atoms with Gasteiger partial charge in [0, 0.05) is 34.5 Å². The molecule has 0 amide bonds. The highest BCUT2D eigenvalue weighted by Gasteiger charge is 2.36. The van der Waals surface area contributed by atoms with Gasteiger partial charge < -0.3 is 24.5 Å². The summed E-state index contributed by atoms with van der Waals surface area (Å²) >= 11 is 1.23. The molecular formula is C30H29F3N3O4PS. The summed E-state index contributed by atoms with van der Waals surface area (Å²) in [6, 6.07) is 13.5. The van der Waals surface area contributed by atoms with Crippen molar-refractivity contribution in [1.29, 1.82) is 0 Å². The average molecular weight is 616 g/mol. The Bertz CT molecular complexity index is 1710. The van der Waals surface area contributed by atoms with Crippen molar-refractivity contribution in [2.45, 2.75) is 23.7 Å². The highest BCUT2D eigenvalue weighted by Crippen LogP contribution is 2.44. The number of benzene rings is 3. The summed E-state index contributed by atoms with van der Waals surface area (Å²) in [7, 11) is 2.42. The third kappa shape index (κ3) is 5.71. The fraction of sp³-hybridized carbons (Fsp3) is 0.200. The Labute approximate surface area is 247 Å². The molecule has 0 saturated carbocycles.